The Morgan fingerprint density at radius 2 is 1.97 bits per heavy atom. The molecule has 3 rings (SSSR count). The van der Waals surface area contributed by atoms with Gasteiger partial charge < -0.3 is 15.5 Å². The van der Waals surface area contributed by atoms with Crippen LogP contribution in [0.2, 0.25) is 0 Å². The molecule has 31 heavy (non-hydrogen) atoms. The predicted molar refractivity (Wildman–Crippen MR) is 117 cm³/mol. The third-order valence-corrected chi connectivity index (χ3v) is 5.55. The number of aromatic nitrogens is 1. The van der Waals surface area contributed by atoms with Crippen LogP contribution in [0.5, 0.6) is 0 Å². The summed E-state index contributed by atoms with van der Waals surface area (Å²) in [6.07, 6.45) is -3.12. The van der Waals surface area contributed by atoms with Crippen molar-refractivity contribution in [1.82, 2.24) is 4.98 Å². The Kier molecular flexibility index (Phi) is 8.03. The highest BCUT2D eigenvalue weighted by atomic mass is 79.9. The average Bonchev–Trinajstić information content (AvgIpc) is 3.05. The number of hydrogen-bond donors (Lipinski definition) is 1. The van der Waals surface area contributed by atoms with E-state index < -0.39 is 17.3 Å². The van der Waals surface area contributed by atoms with E-state index in [1.165, 1.54) is 11.8 Å². The van der Waals surface area contributed by atoms with Crippen LogP contribution in [-0.4, -0.2) is 37.1 Å². The number of anilines is 2. The van der Waals surface area contributed by atoms with Crippen LogP contribution in [0.25, 0.3) is 0 Å². The number of amides is 1. The van der Waals surface area contributed by atoms with E-state index in [1.54, 1.807) is 18.0 Å². The fourth-order valence-electron chi connectivity index (χ4n) is 3.20. The van der Waals surface area contributed by atoms with E-state index in [9.17, 15) is 18.0 Å². The van der Waals surface area contributed by atoms with Crippen molar-refractivity contribution in [3.63, 3.8) is 0 Å². The second-order valence-corrected chi connectivity index (χ2v) is 8.11. The minimum atomic E-state index is -4.57. The number of carbonyl (C=O) groups is 1. The number of halogens is 4. The predicted octanol–water partition coefficient (Wildman–Crippen LogP) is 4.25. The van der Waals surface area contributed by atoms with Crippen LogP contribution in [0.3, 0.4) is 0 Å². The molecule has 1 amide bonds. The van der Waals surface area contributed by atoms with E-state index in [0.29, 0.717) is 13.0 Å². The molecule has 2 aromatic rings. The van der Waals surface area contributed by atoms with Gasteiger partial charge in [-0.2, -0.15) is 18.4 Å². The van der Waals surface area contributed by atoms with Gasteiger partial charge in [0.05, 0.1) is 5.56 Å². The summed E-state index contributed by atoms with van der Waals surface area (Å²) in [5.41, 5.74) is 5.65. The molecule has 0 aliphatic carbocycles. The van der Waals surface area contributed by atoms with Gasteiger partial charge >= 0.3 is 6.18 Å². The molecule has 2 atom stereocenters. The molecule has 1 aromatic carbocycles. The zero-order valence-corrected chi connectivity index (χ0v) is 18.9. The molecular weight excluding hydrogens is 475 g/mol. The first-order valence-electron chi connectivity index (χ1n) is 9.44. The Hall–Kier alpha value is -2.64. The van der Waals surface area contributed by atoms with Crippen molar-refractivity contribution in [3.8, 4) is 6.07 Å². The lowest BCUT2D eigenvalue weighted by Crippen LogP contribution is -2.38. The second kappa shape index (κ2) is 10.1. The Morgan fingerprint density at radius 3 is 2.42 bits per heavy atom. The van der Waals surface area contributed by atoms with E-state index in [0.717, 1.165) is 22.6 Å². The minimum absolute atomic E-state index is 0.0836. The van der Waals surface area contributed by atoms with Crippen molar-refractivity contribution >= 4 is 33.8 Å². The van der Waals surface area contributed by atoms with Gasteiger partial charge in [0.15, 0.2) is 0 Å². The highest BCUT2D eigenvalue weighted by Crippen LogP contribution is 2.37. The lowest BCUT2D eigenvalue weighted by atomic mass is 10.1. The summed E-state index contributed by atoms with van der Waals surface area (Å²) in [6.45, 7) is 3.82. The number of benzene rings is 1. The minimum Gasteiger partial charge on any atom is -0.351 e. The summed E-state index contributed by atoms with van der Waals surface area (Å²) in [6, 6.07) is 9.83. The van der Waals surface area contributed by atoms with E-state index in [2.05, 4.69) is 20.9 Å². The van der Waals surface area contributed by atoms with E-state index in [1.807, 2.05) is 31.2 Å². The highest BCUT2D eigenvalue weighted by Gasteiger charge is 2.38. The maximum absolute atomic E-state index is 13.0. The Bertz CT molecular complexity index is 959. The van der Waals surface area contributed by atoms with Gasteiger partial charge in [-0.15, -0.1) is 0 Å². The van der Waals surface area contributed by atoms with Gasteiger partial charge in [-0.3, -0.25) is 4.79 Å². The number of aryl methyl sites for hydroxylation is 1. The average molecular weight is 498 g/mol. The van der Waals surface area contributed by atoms with Crippen LogP contribution in [0, 0.1) is 18.3 Å². The molecule has 1 aliphatic heterocycles. The summed E-state index contributed by atoms with van der Waals surface area (Å²) in [7, 11) is 1.72. The fraction of sp³-hybridized carbons (Fsp3) is 0.381. The van der Waals surface area contributed by atoms with Crippen LogP contribution in [0.4, 0.5) is 24.7 Å². The third kappa shape index (κ3) is 5.95. The summed E-state index contributed by atoms with van der Waals surface area (Å²) in [5.74, 6) is 0.0836. The summed E-state index contributed by atoms with van der Waals surface area (Å²) < 4.78 is 40.1. The summed E-state index contributed by atoms with van der Waals surface area (Å²) >= 11 is 3.31. The lowest BCUT2D eigenvalue weighted by molar-refractivity contribution is -0.137. The van der Waals surface area contributed by atoms with E-state index >= 15 is 0 Å². The van der Waals surface area contributed by atoms with Crippen LogP contribution in [0.1, 0.15) is 30.2 Å². The zero-order valence-electron chi connectivity index (χ0n) is 17.3. The molecule has 0 saturated carbocycles. The quantitative estimate of drug-likeness (QED) is 0.640. The summed E-state index contributed by atoms with van der Waals surface area (Å²) in [5, 5.41) is 9.12. The molecule has 1 fully saturated rings. The van der Waals surface area contributed by atoms with Crippen LogP contribution in [0.15, 0.2) is 34.8 Å². The van der Waals surface area contributed by atoms with Gasteiger partial charge in [0.25, 0.3) is 0 Å². The highest BCUT2D eigenvalue weighted by molar-refractivity contribution is 9.10. The van der Waals surface area contributed by atoms with Gasteiger partial charge in [0.1, 0.15) is 17.5 Å². The van der Waals surface area contributed by atoms with E-state index in [4.69, 9.17) is 11.0 Å². The lowest BCUT2D eigenvalue weighted by Gasteiger charge is -2.26. The molecule has 1 aliphatic rings. The van der Waals surface area contributed by atoms with Crippen molar-refractivity contribution in [2.24, 2.45) is 5.73 Å². The molecule has 166 valence electrons. The van der Waals surface area contributed by atoms with E-state index in [-0.39, 0.29) is 23.6 Å². The van der Waals surface area contributed by atoms with Crippen molar-refractivity contribution in [2.75, 3.05) is 23.4 Å². The topological polar surface area (TPSA) is 86.2 Å². The fourth-order valence-corrected chi connectivity index (χ4v) is 3.46. The largest absolute Gasteiger partial charge is 0.417 e. The molecule has 0 spiro atoms. The van der Waals surface area contributed by atoms with Gasteiger partial charge in [0.2, 0.25) is 6.41 Å². The normalized spacial score (nSPS) is 18.1. The number of nitrogens with two attached hydrogens (primary N) is 1. The maximum atomic E-state index is 13.0. The monoisotopic (exact) mass is 497 g/mol. The van der Waals surface area contributed by atoms with Gasteiger partial charge in [0, 0.05) is 41.5 Å². The molecule has 0 radical (unpaired) electrons. The van der Waals surface area contributed by atoms with Crippen molar-refractivity contribution in [3.05, 3.63) is 51.6 Å². The molecule has 2 unspecified atom stereocenters. The molecular formula is C21H23BrF3N5O. The van der Waals surface area contributed by atoms with Crippen molar-refractivity contribution in [2.45, 2.75) is 38.5 Å². The number of nitriles is 1. The smallest absolute Gasteiger partial charge is 0.351 e. The number of carbonyl (C=O) groups excluding carboxylic acids is 1. The van der Waals surface area contributed by atoms with Crippen LogP contribution < -0.4 is 15.5 Å². The number of hydrogen-bond acceptors (Lipinski definition) is 5. The van der Waals surface area contributed by atoms with Crippen LogP contribution >= 0.6 is 15.9 Å². The first-order valence-corrected chi connectivity index (χ1v) is 10.2. The zero-order chi connectivity index (χ0) is 23.3. The Labute approximate surface area is 187 Å². The molecule has 10 heteroatoms. The van der Waals surface area contributed by atoms with Gasteiger partial charge in [-0.1, -0.05) is 15.9 Å². The third-order valence-electron chi connectivity index (χ3n) is 5.02. The van der Waals surface area contributed by atoms with Gasteiger partial charge in [-0.25, -0.2) is 4.98 Å². The molecule has 2 N–H and O–H groups in total. The van der Waals surface area contributed by atoms with Gasteiger partial charge in [-0.05, 0) is 50.6 Å². The van der Waals surface area contributed by atoms with Crippen LogP contribution in [-0.2, 0) is 11.0 Å². The standard InChI is InChI=1S/C13H15F3N4.C8H8BrNO/c1-7-5-10(13(14,15)16)9(6-17)12(19-7)20-4-3-11(18)8(20)2;1-10(6-11)8-4-2-7(9)3-5-8/h5,8,11H,3-4,18H2,1-2H3;2-6H,1H3. The summed E-state index contributed by atoms with van der Waals surface area (Å²) in [4.78, 5) is 17.6. The number of nitrogens with zero attached hydrogens (tertiary/aromatic N) is 4. The Morgan fingerprint density at radius 1 is 1.35 bits per heavy atom. The van der Waals surface area contributed by atoms with Crippen molar-refractivity contribution < 1.29 is 18.0 Å². The second-order valence-electron chi connectivity index (χ2n) is 7.20. The first-order chi connectivity index (χ1) is 14.5. The molecule has 1 aromatic heterocycles. The first kappa shape index (κ1) is 24.6. The SMILES string of the molecule is CN(C=O)c1ccc(Br)cc1.Cc1cc(C(F)(F)F)c(C#N)c(N2CCC(N)C2C)n1. The molecule has 2 heterocycles. The number of rotatable bonds is 3. The van der Waals surface area contributed by atoms with Crippen molar-refractivity contribution in [1.29, 1.82) is 5.26 Å². The molecule has 1 saturated heterocycles. The molecule has 0 bridgehead atoms. The molecule has 6 nitrogen and oxygen atoms in total. The Balaban J connectivity index is 0.000000262. The number of pyridine rings is 1. The maximum Gasteiger partial charge on any atom is 0.417 e. The number of alkyl halides is 3.